The lowest BCUT2D eigenvalue weighted by molar-refractivity contribution is 0.184. The lowest BCUT2D eigenvalue weighted by atomic mass is 9.89. The number of thiophene rings is 1. The number of aryl methyl sites for hydroxylation is 1. The molecule has 22 heavy (non-hydrogen) atoms. The zero-order valence-electron chi connectivity index (χ0n) is 13.3. The van der Waals surface area contributed by atoms with Gasteiger partial charge in [-0.05, 0) is 44.7 Å². The maximum Gasteiger partial charge on any atom is 0.259 e. The molecule has 0 spiro atoms. The molecule has 2 atom stereocenters. The van der Waals surface area contributed by atoms with E-state index in [9.17, 15) is 4.79 Å². The van der Waals surface area contributed by atoms with Gasteiger partial charge < -0.3 is 10.1 Å². The van der Waals surface area contributed by atoms with Gasteiger partial charge in [-0.25, -0.2) is 4.98 Å². The number of nitrogens with one attached hydrogen (secondary N) is 1. The van der Waals surface area contributed by atoms with Crippen LogP contribution in [0.1, 0.15) is 42.6 Å². The number of nitrogens with zero attached hydrogens (tertiary/aromatic N) is 2. The van der Waals surface area contributed by atoms with Crippen LogP contribution in [0.4, 0.5) is 0 Å². The number of aromatic amines is 1. The van der Waals surface area contributed by atoms with E-state index in [1.54, 1.807) is 11.3 Å². The summed E-state index contributed by atoms with van der Waals surface area (Å²) in [5.74, 6) is 1.37. The Bertz CT molecular complexity index is 737. The highest BCUT2D eigenvalue weighted by molar-refractivity contribution is 7.18. The van der Waals surface area contributed by atoms with Crippen molar-refractivity contribution < 1.29 is 5.11 Å². The van der Waals surface area contributed by atoms with Gasteiger partial charge in [0, 0.05) is 11.4 Å². The van der Waals surface area contributed by atoms with Crippen molar-refractivity contribution in [1.82, 2.24) is 14.9 Å². The Hall–Kier alpha value is -1.24. The van der Waals surface area contributed by atoms with Crippen LogP contribution in [-0.4, -0.2) is 40.2 Å². The predicted molar refractivity (Wildman–Crippen MR) is 89.6 cm³/mol. The van der Waals surface area contributed by atoms with E-state index in [2.05, 4.69) is 11.9 Å². The van der Waals surface area contributed by atoms with E-state index in [-0.39, 0.29) is 18.2 Å². The van der Waals surface area contributed by atoms with Crippen LogP contribution < -0.4 is 5.56 Å². The van der Waals surface area contributed by atoms with E-state index in [1.807, 2.05) is 18.9 Å². The van der Waals surface area contributed by atoms with Crippen LogP contribution >= 0.6 is 11.3 Å². The Morgan fingerprint density at radius 3 is 3.05 bits per heavy atom. The fourth-order valence-corrected chi connectivity index (χ4v) is 4.51. The van der Waals surface area contributed by atoms with Crippen LogP contribution in [0.3, 0.4) is 0 Å². The van der Waals surface area contributed by atoms with Crippen LogP contribution in [0.25, 0.3) is 10.2 Å². The molecular formula is C16H23N3O2S. The van der Waals surface area contributed by atoms with Crippen molar-refractivity contribution >= 4 is 21.6 Å². The molecule has 5 nitrogen and oxygen atoms in total. The third-order valence-electron chi connectivity index (χ3n) is 4.69. The fraction of sp³-hybridized carbons (Fsp3) is 0.625. The van der Waals surface area contributed by atoms with Crippen LogP contribution in [0, 0.1) is 5.92 Å². The zero-order valence-corrected chi connectivity index (χ0v) is 14.2. The number of aliphatic hydroxyl groups excluding tert-OH is 1. The SMILES string of the molecule is CC1CCc2c(sc3nc(C(C)N(C)CCO)[nH]c(=O)c23)C1. The second-order valence-corrected chi connectivity index (χ2v) is 7.45. The van der Waals surface area contributed by atoms with Crippen molar-refractivity contribution in [1.29, 1.82) is 0 Å². The van der Waals surface area contributed by atoms with Gasteiger partial charge in [-0.2, -0.15) is 0 Å². The molecule has 0 amide bonds. The van der Waals surface area contributed by atoms with E-state index in [4.69, 9.17) is 10.1 Å². The molecule has 120 valence electrons. The maximum atomic E-state index is 12.5. The molecule has 0 radical (unpaired) electrons. The third kappa shape index (κ3) is 2.71. The number of fused-ring (bicyclic) bond motifs is 3. The second-order valence-electron chi connectivity index (χ2n) is 6.36. The van der Waals surface area contributed by atoms with Crippen LogP contribution in [0.15, 0.2) is 4.79 Å². The summed E-state index contributed by atoms with van der Waals surface area (Å²) < 4.78 is 0. The molecule has 0 aliphatic heterocycles. The number of rotatable bonds is 4. The summed E-state index contributed by atoms with van der Waals surface area (Å²) in [6.45, 7) is 4.91. The molecule has 6 heteroatoms. The largest absolute Gasteiger partial charge is 0.395 e. The molecule has 2 heterocycles. The number of H-pyrrole nitrogens is 1. The quantitative estimate of drug-likeness (QED) is 0.905. The van der Waals surface area contributed by atoms with Crippen molar-refractivity contribution in [2.24, 2.45) is 5.92 Å². The highest BCUT2D eigenvalue weighted by Gasteiger charge is 2.24. The highest BCUT2D eigenvalue weighted by atomic mass is 32.1. The van der Waals surface area contributed by atoms with Crippen LogP contribution in [-0.2, 0) is 12.8 Å². The number of hydrogen-bond acceptors (Lipinski definition) is 5. The Kier molecular flexibility index (Phi) is 4.34. The van der Waals surface area contributed by atoms with Gasteiger partial charge >= 0.3 is 0 Å². The molecule has 2 aromatic heterocycles. The van der Waals surface area contributed by atoms with E-state index >= 15 is 0 Å². The molecule has 2 aromatic rings. The molecule has 0 saturated heterocycles. The topological polar surface area (TPSA) is 69.2 Å². The van der Waals surface area contributed by atoms with Gasteiger partial charge in [-0.3, -0.25) is 9.69 Å². The Morgan fingerprint density at radius 1 is 1.55 bits per heavy atom. The van der Waals surface area contributed by atoms with E-state index < -0.39 is 0 Å². The Labute approximate surface area is 134 Å². The third-order valence-corrected chi connectivity index (χ3v) is 5.84. The van der Waals surface area contributed by atoms with E-state index in [0.29, 0.717) is 18.3 Å². The summed E-state index contributed by atoms with van der Waals surface area (Å²) in [4.78, 5) is 24.4. The molecule has 0 saturated carbocycles. The van der Waals surface area contributed by atoms with Gasteiger partial charge in [0.15, 0.2) is 0 Å². The van der Waals surface area contributed by atoms with Crippen LogP contribution in [0.5, 0.6) is 0 Å². The summed E-state index contributed by atoms with van der Waals surface area (Å²) in [6, 6.07) is -0.0256. The summed E-state index contributed by atoms with van der Waals surface area (Å²) in [7, 11) is 1.92. The molecular weight excluding hydrogens is 298 g/mol. The molecule has 2 N–H and O–H groups in total. The summed E-state index contributed by atoms with van der Waals surface area (Å²) in [5.41, 5.74) is 1.20. The first-order valence-corrected chi connectivity index (χ1v) is 8.68. The number of aromatic nitrogens is 2. The summed E-state index contributed by atoms with van der Waals surface area (Å²) >= 11 is 1.68. The van der Waals surface area contributed by atoms with E-state index in [0.717, 1.165) is 29.5 Å². The van der Waals surface area contributed by atoms with E-state index in [1.165, 1.54) is 10.4 Å². The number of aliphatic hydroxyl groups is 1. The standard InChI is InChI=1S/C16H23N3O2S/c1-9-4-5-11-12(8-9)22-16-13(11)15(21)17-14(18-16)10(2)19(3)6-7-20/h9-10,20H,4-8H2,1-3H3,(H,17,18,21). The van der Waals surface area contributed by atoms with Gasteiger partial charge in [0.05, 0.1) is 18.0 Å². The molecule has 1 aliphatic rings. The van der Waals surface area contributed by atoms with Gasteiger partial charge in [0.1, 0.15) is 10.7 Å². The van der Waals surface area contributed by atoms with Crippen molar-refractivity contribution in [2.75, 3.05) is 20.2 Å². The first kappa shape index (κ1) is 15.6. The molecule has 3 rings (SSSR count). The van der Waals surface area contributed by atoms with Crippen molar-refractivity contribution in [2.45, 2.75) is 39.2 Å². The van der Waals surface area contributed by atoms with Crippen LogP contribution in [0.2, 0.25) is 0 Å². The van der Waals surface area contributed by atoms with Gasteiger partial charge in [0.2, 0.25) is 0 Å². The zero-order chi connectivity index (χ0) is 15.9. The minimum absolute atomic E-state index is 0.0173. The first-order chi connectivity index (χ1) is 10.5. The number of hydrogen-bond donors (Lipinski definition) is 2. The lowest BCUT2D eigenvalue weighted by Crippen LogP contribution is -2.28. The maximum absolute atomic E-state index is 12.5. The Morgan fingerprint density at radius 2 is 2.32 bits per heavy atom. The molecule has 0 fully saturated rings. The van der Waals surface area contributed by atoms with Gasteiger partial charge in [0.25, 0.3) is 5.56 Å². The minimum Gasteiger partial charge on any atom is -0.395 e. The fourth-order valence-electron chi connectivity index (χ4n) is 3.12. The normalized spacial score (nSPS) is 19.6. The number of likely N-dealkylation sites (N-methyl/N-ethyl adjacent to an activating group) is 1. The Balaban J connectivity index is 2.04. The molecule has 2 unspecified atom stereocenters. The second kappa shape index (κ2) is 6.10. The van der Waals surface area contributed by atoms with Crippen molar-refractivity contribution in [3.8, 4) is 0 Å². The average Bonchev–Trinajstić information content (AvgIpc) is 2.84. The molecule has 0 aromatic carbocycles. The average molecular weight is 321 g/mol. The van der Waals surface area contributed by atoms with Crippen molar-refractivity contribution in [3.05, 3.63) is 26.6 Å². The van der Waals surface area contributed by atoms with Gasteiger partial charge in [-0.15, -0.1) is 11.3 Å². The molecule has 1 aliphatic carbocycles. The monoisotopic (exact) mass is 321 g/mol. The summed E-state index contributed by atoms with van der Waals surface area (Å²) in [6.07, 6.45) is 3.20. The molecule has 0 bridgehead atoms. The lowest BCUT2D eigenvalue weighted by Gasteiger charge is -2.22. The minimum atomic E-state index is -0.0256. The van der Waals surface area contributed by atoms with Crippen molar-refractivity contribution in [3.63, 3.8) is 0 Å². The first-order valence-electron chi connectivity index (χ1n) is 7.86. The smallest absolute Gasteiger partial charge is 0.259 e. The predicted octanol–water partition coefficient (Wildman–Crippen LogP) is 2.09. The highest BCUT2D eigenvalue weighted by Crippen LogP contribution is 2.35. The van der Waals surface area contributed by atoms with Gasteiger partial charge in [-0.1, -0.05) is 6.92 Å². The summed E-state index contributed by atoms with van der Waals surface area (Å²) in [5, 5.41) is 9.86.